The molecule has 1 N–H and O–H groups in total. The van der Waals surface area contributed by atoms with Gasteiger partial charge in [-0.3, -0.25) is 4.79 Å². The van der Waals surface area contributed by atoms with Crippen molar-refractivity contribution in [1.82, 2.24) is 0 Å². The third kappa shape index (κ3) is 2.34. The van der Waals surface area contributed by atoms with E-state index >= 15 is 0 Å². The maximum absolute atomic E-state index is 12.8. The molecule has 0 spiro atoms. The van der Waals surface area contributed by atoms with Crippen molar-refractivity contribution in [1.29, 1.82) is 0 Å². The van der Waals surface area contributed by atoms with Gasteiger partial charge in [-0.05, 0) is 5.57 Å². The topological polar surface area (TPSA) is 37.3 Å². The summed E-state index contributed by atoms with van der Waals surface area (Å²) in [5, 5.41) is 8.30. The fraction of sp³-hybridized carbons (Fsp3) is 0.375. The van der Waals surface area contributed by atoms with E-state index in [-0.39, 0.29) is 5.57 Å². The molecular weight excluding hydrogens is 185 g/mol. The minimum atomic E-state index is -1.91. The lowest BCUT2D eigenvalue weighted by Gasteiger charge is -2.13. The Morgan fingerprint density at radius 3 is 2.77 bits per heavy atom. The molecule has 0 aromatic carbocycles. The molecule has 0 saturated carbocycles. The number of aliphatic carboxylic acids is 1. The van der Waals surface area contributed by atoms with E-state index < -0.39 is 36.6 Å². The number of alkyl halides is 1. The van der Waals surface area contributed by atoms with Crippen molar-refractivity contribution in [3.05, 3.63) is 23.3 Å². The SMILES string of the molecule is O=C(O)CC1=C(F)C=C(F)C(F)C1. The average molecular weight is 192 g/mol. The summed E-state index contributed by atoms with van der Waals surface area (Å²) < 4.78 is 37.8. The molecule has 0 aromatic heterocycles. The van der Waals surface area contributed by atoms with Crippen LogP contribution in [0.2, 0.25) is 0 Å². The fourth-order valence-corrected chi connectivity index (χ4v) is 1.06. The minimum absolute atomic E-state index is 0.207. The quantitative estimate of drug-likeness (QED) is 0.728. The molecule has 1 atom stereocenters. The highest BCUT2D eigenvalue weighted by Crippen LogP contribution is 2.29. The molecule has 5 heteroatoms. The number of carboxylic acids is 1. The van der Waals surface area contributed by atoms with Gasteiger partial charge in [-0.1, -0.05) is 0 Å². The van der Waals surface area contributed by atoms with Crippen molar-refractivity contribution in [3.63, 3.8) is 0 Å². The Morgan fingerprint density at radius 1 is 1.62 bits per heavy atom. The maximum atomic E-state index is 12.8. The molecule has 72 valence electrons. The van der Waals surface area contributed by atoms with Crippen molar-refractivity contribution in [2.75, 3.05) is 0 Å². The highest BCUT2D eigenvalue weighted by molar-refractivity contribution is 5.70. The summed E-state index contributed by atoms with van der Waals surface area (Å²) in [7, 11) is 0. The molecule has 1 aliphatic carbocycles. The zero-order valence-electron chi connectivity index (χ0n) is 6.56. The number of halogens is 3. The van der Waals surface area contributed by atoms with Crippen molar-refractivity contribution in [2.45, 2.75) is 19.0 Å². The van der Waals surface area contributed by atoms with Crippen LogP contribution in [0.3, 0.4) is 0 Å². The normalized spacial score (nSPS) is 23.0. The smallest absolute Gasteiger partial charge is 0.307 e. The first-order valence-electron chi connectivity index (χ1n) is 3.61. The molecule has 0 saturated heterocycles. The van der Waals surface area contributed by atoms with E-state index in [4.69, 9.17) is 5.11 Å². The Hall–Kier alpha value is -1.26. The van der Waals surface area contributed by atoms with Crippen LogP contribution < -0.4 is 0 Å². The van der Waals surface area contributed by atoms with Gasteiger partial charge < -0.3 is 5.11 Å². The average Bonchev–Trinajstić information content (AvgIpc) is 1.99. The first-order valence-corrected chi connectivity index (χ1v) is 3.61. The highest BCUT2D eigenvalue weighted by atomic mass is 19.2. The summed E-state index contributed by atoms with van der Waals surface area (Å²) in [6.07, 6.45) is -2.61. The lowest BCUT2D eigenvalue weighted by molar-refractivity contribution is -0.136. The molecule has 0 bridgehead atoms. The number of allylic oxidation sites excluding steroid dienone is 3. The Kier molecular flexibility index (Phi) is 2.75. The Morgan fingerprint density at radius 2 is 2.23 bits per heavy atom. The first kappa shape index (κ1) is 9.83. The summed E-state index contributed by atoms with van der Waals surface area (Å²) in [5.41, 5.74) is -0.207. The van der Waals surface area contributed by atoms with Gasteiger partial charge in [0.2, 0.25) is 0 Å². The molecule has 0 heterocycles. The lowest BCUT2D eigenvalue weighted by Crippen LogP contribution is -2.11. The standard InChI is InChI=1S/C8H7F3O2/c9-5-3-7(11)6(10)1-4(5)2-8(12)13/h3,6H,1-2H2,(H,12,13). The molecule has 1 aliphatic rings. The van der Waals surface area contributed by atoms with Gasteiger partial charge in [-0.2, -0.15) is 0 Å². The molecule has 0 fully saturated rings. The van der Waals surface area contributed by atoms with E-state index in [0.29, 0.717) is 6.08 Å². The minimum Gasteiger partial charge on any atom is -0.481 e. The largest absolute Gasteiger partial charge is 0.481 e. The zero-order chi connectivity index (χ0) is 10.0. The van der Waals surface area contributed by atoms with E-state index in [9.17, 15) is 18.0 Å². The Labute approximate surface area is 72.4 Å². The second kappa shape index (κ2) is 3.64. The molecule has 13 heavy (non-hydrogen) atoms. The first-order chi connectivity index (χ1) is 6.00. The van der Waals surface area contributed by atoms with Crippen LogP contribution in [0, 0.1) is 0 Å². The number of rotatable bonds is 2. The van der Waals surface area contributed by atoms with Crippen LogP contribution in [0.15, 0.2) is 23.3 Å². The predicted octanol–water partition coefficient (Wildman–Crippen LogP) is 2.28. The summed E-state index contributed by atoms with van der Waals surface area (Å²) in [5.74, 6) is -3.42. The summed E-state index contributed by atoms with van der Waals surface area (Å²) in [4.78, 5) is 10.2. The molecule has 0 amide bonds. The van der Waals surface area contributed by atoms with E-state index in [1.807, 2.05) is 0 Å². The highest BCUT2D eigenvalue weighted by Gasteiger charge is 2.24. The van der Waals surface area contributed by atoms with Gasteiger partial charge in [0.15, 0.2) is 6.17 Å². The Bertz CT molecular complexity index is 294. The second-order valence-corrected chi connectivity index (χ2v) is 2.72. The van der Waals surface area contributed by atoms with Crippen molar-refractivity contribution < 1.29 is 23.1 Å². The van der Waals surface area contributed by atoms with Crippen LogP contribution in [0.5, 0.6) is 0 Å². The van der Waals surface area contributed by atoms with Crippen molar-refractivity contribution in [2.24, 2.45) is 0 Å². The molecule has 0 aromatic rings. The summed E-state index contributed by atoms with van der Waals surface area (Å²) >= 11 is 0. The van der Waals surface area contributed by atoms with Crippen LogP contribution in [0.25, 0.3) is 0 Å². The van der Waals surface area contributed by atoms with Gasteiger partial charge in [0.1, 0.15) is 11.7 Å². The molecule has 1 unspecified atom stereocenters. The molecule has 2 nitrogen and oxygen atoms in total. The molecular formula is C8H7F3O2. The van der Waals surface area contributed by atoms with E-state index in [0.717, 1.165) is 0 Å². The fourth-order valence-electron chi connectivity index (χ4n) is 1.06. The number of carbonyl (C=O) groups is 1. The molecule has 0 radical (unpaired) electrons. The lowest BCUT2D eigenvalue weighted by atomic mass is 9.99. The van der Waals surface area contributed by atoms with Gasteiger partial charge in [0.05, 0.1) is 6.42 Å². The number of hydrogen-bond acceptors (Lipinski definition) is 1. The van der Waals surface area contributed by atoms with Crippen molar-refractivity contribution >= 4 is 5.97 Å². The van der Waals surface area contributed by atoms with Crippen LogP contribution in [0.1, 0.15) is 12.8 Å². The van der Waals surface area contributed by atoms with E-state index in [1.165, 1.54) is 0 Å². The van der Waals surface area contributed by atoms with Gasteiger partial charge in [0.25, 0.3) is 0 Å². The Balaban J connectivity index is 2.84. The van der Waals surface area contributed by atoms with Gasteiger partial charge in [-0.15, -0.1) is 0 Å². The third-order valence-corrected chi connectivity index (χ3v) is 1.69. The summed E-state index contributed by atoms with van der Waals surface area (Å²) in [6, 6.07) is 0. The van der Waals surface area contributed by atoms with E-state index in [1.54, 1.807) is 0 Å². The van der Waals surface area contributed by atoms with Gasteiger partial charge >= 0.3 is 5.97 Å². The third-order valence-electron chi connectivity index (χ3n) is 1.69. The zero-order valence-corrected chi connectivity index (χ0v) is 6.56. The number of carboxylic acid groups (broad SMARTS) is 1. The monoisotopic (exact) mass is 192 g/mol. The van der Waals surface area contributed by atoms with Gasteiger partial charge in [0, 0.05) is 12.5 Å². The van der Waals surface area contributed by atoms with E-state index in [2.05, 4.69) is 0 Å². The number of hydrogen-bond donors (Lipinski definition) is 1. The second-order valence-electron chi connectivity index (χ2n) is 2.72. The van der Waals surface area contributed by atoms with Crippen LogP contribution in [-0.4, -0.2) is 17.2 Å². The van der Waals surface area contributed by atoms with Gasteiger partial charge in [-0.25, -0.2) is 13.2 Å². The van der Waals surface area contributed by atoms with Crippen LogP contribution in [-0.2, 0) is 4.79 Å². The molecule has 1 rings (SSSR count). The van der Waals surface area contributed by atoms with Crippen LogP contribution >= 0.6 is 0 Å². The van der Waals surface area contributed by atoms with Crippen LogP contribution in [0.4, 0.5) is 13.2 Å². The summed E-state index contributed by atoms with van der Waals surface area (Å²) in [6.45, 7) is 0. The predicted molar refractivity (Wildman–Crippen MR) is 39.1 cm³/mol. The molecule has 0 aliphatic heterocycles. The van der Waals surface area contributed by atoms with Crippen molar-refractivity contribution in [3.8, 4) is 0 Å². The maximum Gasteiger partial charge on any atom is 0.307 e.